The Bertz CT molecular complexity index is 1500. The minimum Gasteiger partial charge on any atom is -0.306 e. The van der Waals surface area contributed by atoms with Gasteiger partial charge in [-0.3, -0.25) is 14.6 Å². The highest BCUT2D eigenvalue weighted by Gasteiger charge is 2.17. The van der Waals surface area contributed by atoms with Gasteiger partial charge < -0.3 is 5.32 Å². The Kier molecular flexibility index (Phi) is 6.36. The van der Waals surface area contributed by atoms with Crippen molar-refractivity contribution in [2.75, 3.05) is 5.32 Å². The highest BCUT2D eigenvalue weighted by Crippen LogP contribution is 2.28. The van der Waals surface area contributed by atoms with Crippen LogP contribution in [0.2, 0.25) is 0 Å². The summed E-state index contributed by atoms with van der Waals surface area (Å²) in [7, 11) is 0. The molecule has 0 atom stereocenters. The smallest absolute Gasteiger partial charge is 0.256 e. The second-order valence-corrected chi connectivity index (χ2v) is 8.96. The van der Waals surface area contributed by atoms with Gasteiger partial charge in [-0.2, -0.15) is 9.78 Å². The number of hydrogen-bond donors (Lipinski definition) is 2. The number of nitrogens with zero attached hydrogens (tertiary/aromatic N) is 3. The third kappa shape index (κ3) is 4.97. The van der Waals surface area contributed by atoms with E-state index in [0.29, 0.717) is 29.2 Å². The Hall–Kier alpha value is -4.30. The molecule has 3 heterocycles. The predicted octanol–water partition coefficient (Wildman–Crippen LogP) is 5.56. The number of aryl methyl sites for hydroxylation is 1. The first-order valence-electron chi connectivity index (χ1n) is 11.3. The Labute approximate surface area is 206 Å². The van der Waals surface area contributed by atoms with E-state index in [-0.39, 0.29) is 17.4 Å². The summed E-state index contributed by atoms with van der Waals surface area (Å²) in [5.74, 6) is 0.399. The van der Waals surface area contributed by atoms with Crippen LogP contribution < -0.4 is 10.9 Å². The van der Waals surface area contributed by atoms with E-state index in [1.54, 1.807) is 29.5 Å². The lowest BCUT2D eigenvalue weighted by molar-refractivity contribution is 0.102. The van der Waals surface area contributed by atoms with Crippen LogP contribution in [0.4, 0.5) is 5.82 Å². The molecule has 5 rings (SSSR count). The van der Waals surface area contributed by atoms with Gasteiger partial charge in [-0.15, -0.1) is 11.3 Å². The van der Waals surface area contributed by atoms with Crippen molar-refractivity contribution in [3.63, 3.8) is 0 Å². The van der Waals surface area contributed by atoms with Crippen LogP contribution in [-0.2, 0) is 6.42 Å². The molecule has 0 unspecified atom stereocenters. The standard InChI is InChI=1S/C27H23N5O2S/c1-2-7-21-16-25(33)30-27(28-21)32-24(17-22(31-32)23-10-6-15-35-23)29-26(34)20-13-11-19(12-14-20)18-8-4-3-5-9-18/h3-6,8-17H,2,7H2,1H3,(H,29,34)(H,28,30,33). The first-order chi connectivity index (χ1) is 17.1. The summed E-state index contributed by atoms with van der Waals surface area (Å²) in [5, 5.41) is 9.55. The van der Waals surface area contributed by atoms with E-state index in [2.05, 4.69) is 20.4 Å². The van der Waals surface area contributed by atoms with Crippen molar-refractivity contribution in [2.24, 2.45) is 0 Å². The van der Waals surface area contributed by atoms with Crippen molar-refractivity contribution in [3.8, 4) is 27.6 Å². The number of H-pyrrole nitrogens is 1. The number of thiophene rings is 1. The summed E-state index contributed by atoms with van der Waals surface area (Å²) in [4.78, 5) is 33.7. The molecule has 0 saturated heterocycles. The quantitative estimate of drug-likeness (QED) is 0.318. The Balaban J connectivity index is 1.48. The van der Waals surface area contributed by atoms with Crippen LogP contribution in [0, 0.1) is 0 Å². The molecule has 2 N–H and O–H groups in total. The molecule has 0 radical (unpaired) electrons. The number of rotatable bonds is 7. The lowest BCUT2D eigenvalue weighted by Crippen LogP contribution is -2.19. The van der Waals surface area contributed by atoms with Crippen LogP contribution in [0.3, 0.4) is 0 Å². The van der Waals surface area contributed by atoms with E-state index in [0.717, 1.165) is 22.4 Å². The lowest BCUT2D eigenvalue weighted by atomic mass is 10.0. The van der Waals surface area contributed by atoms with Gasteiger partial charge >= 0.3 is 0 Å². The zero-order valence-corrected chi connectivity index (χ0v) is 19.9. The minimum absolute atomic E-state index is 0.262. The zero-order valence-electron chi connectivity index (χ0n) is 19.1. The molecule has 0 fully saturated rings. The molecule has 0 aliphatic heterocycles. The van der Waals surface area contributed by atoms with Gasteiger partial charge in [0.15, 0.2) is 0 Å². The largest absolute Gasteiger partial charge is 0.306 e. The molecule has 0 saturated carbocycles. The van der Waals surface area contributed by atoms with Crippen LogP contribution in [0.5, 0.6) is 0 Å². The van der Waals surface area contributed by atoms with Crippen molar-refractivity contribution < 1.29 is 4.79 Å². The van der Waals surface area contributed by atoms with Gasteiger partial charge in [0.25, 0.3) is 11.5 Å². The third-order valence-electron chi connectivity index (χ3n) is 5.47. The number of aromatic nitrogens is 4. The summed E-state index contributed by atoms with van der Waals surface area (Å²) in [6.45, 7) is 2.03. The second-order valence-electron chi connectivity index (χ2n) is 8.01. The fourth-order valence-corrected chi connectivity index (χ4v) is 4.47. The van der Waals surface area contributed by atoms with E-state index in [1.807, 2.05) is 66.9 Å². The molecule has 5 aromatic rings. The minimum atomic E-state index is -0.282. The number of aromatic amines is 1. The number of hydrogen-bond acceptors (Lipinski definition) is 5. The van der Waals surface area contributed by atoms with Crippen LogP contribution in [0.15, 0.2) is 89.0 Å². The number of nitrogens with one attached hydrogen (secondary N) is 2. The van der Waals surface area contributed by atoms with Gasteiger partial charge in [0, 0.05) is 23.4 Å². The SMILES string of the molecule is CCCc1cc(=O)[nH]c(-n2nc(-c3cccs3)cc2NC(=O)c2ccc(-c3ccccc3)cc2)n1. The van der Waals surface area contributed by atoms with E-state index in [4.69, 9.17) is 0 Å². The molecular formula is C27H23N5O2S. The summed E-state index contributed by atoms with van der Waals surface area (Å²) in [5.41, 5.74) is 3.71. The number of carbonyl (C=O) groups excluding carboxylic acids is 1. The van der Waals surface area contributed by atoms with Crippen molar-refractivity contribution in [1.29, 1.82) is 0 Å². The first-order valence-corrected chi connectivity index (χ1v) is 12.2. The number of benzene rings is 2. The van der Waals surface area contributed by atoms with E-state index >= 15 is 0 Å². The van der Waals surface area contributed by atoms with Gasteiger partial charge in [-0.1, -0.05) is 61.9 Å². The molecule has 0 aliphatic rings. The van der Waals surface area contributed by atoms with Gasteiger partial charge in [-0.25, -0.2) is 4.98 Å². The number of amides is 1. The summed E-state index contributed by atoms with van der Waals surface area (Å²) in [6, 6.07) is 24.6. The average Bonchev–Trinajstić information content (AvgIpc) is 3.55. The van der Waals surface area contributed by atoms with E-state index in [1.165, 1.54) is 10.7 Å². The first kappa shape index (κ1) is 22.5. The molecule has 2 aromatic carbocycles. The Morgan fingerprint density at radius 2 is 1.77 bits per heavy atom. The molecule has 7 nitrogen and oxygen atoms in total. The van der Waals surface area contributed by atoms with E-state index < -0.39 is 0 Å². The Morgan fingerprint density at radius 1 is 1.00 bits per heavy atom. The third-order valence-corrected chi connectivity index (χ3v) is 6.36. The molecule has 35 heavy (non-hydrogen) atoms. The lowest BCUT2D eigenvalue weighted by Gasteiger charge is -2.09. The van der Waals surface area contributed by atoms with Crippen molar-refractivity contribution in [2.45, 2.75) is 19.8 Å². The molecule has 0 bridgehead atoms. The second kappa shape index (κ2) is 9.90. The summed E-state index contributed by atoms with van der Waals surface area (Å²) >= 11 is 1.54. The molecule has 174 valence electrons. The predicted molar refractivity (Wildman–Crippen MR) is 139 cm³/mol. The summed E-state index contributed by atoms with van der Waals surface area (Å²) in [6.07, 6.45) is 1.53. The van der Waals surface area contributed by atoms with Crippen molar-refractivity contribution >= 4 is 23.1 Å². The van der Waals surface area contributed by atoms with Gasteiger partial charge in [0.2, 0.25) is 5.95 Å². The number of anilines is 1. The highest BCUT2D eigenvalue weighted by atomic mass is 32.1. The maximum atomic E-state index is 13.1. The van der Waals surface area contributed by atoms with Crippen LogP contribution in [0.1, 0.15) is 29.4 Å². The molecule has 0 spiro atoms. The maximum absolute atomic E-state index is 13.1. The normalized spacial score (nSPS) is 10.9. The average molecular weight is 482 g/mol. The van der Waals surface area contributed by atoms with Crippen LogP contribution >= 0.6 is 11.3 Å². The highest BCUT2D eigenvalue weighted by molar-refractivity contribution is 7.13. The van der Waals surface area contributed by atoms with Gasteiger partial charge in [-0.05, 0) is 41.1 Å². The topological polar surface area (TPSA) is 92.7 Å². The monoisotopic (exact) mass is 481 g/mol. The van der Waals surface area contributed by atoms with Crippen molar-refractivity contribution in [3.05, 3.63) is 106 Å². The molecule has 3 aromatic heterocycles. The molecule has 0 aliphatic carbocycles. The molecule has 8 heteroatoms. The molecular weight excluding hydrogens is 458 g/mol. The molecule has 1 amide bonds. The fourth-order valence-electron chi connectivity index (χ4n) is 3.79. The van der Waals surface area contributed by atoms with Gasteiger partial charge in [0.05, 0.1) is 4.88 Å². The summed E-state index contributed by atoms with van der Waals surface area (Å²) < 4.78 is 1.48. The van der Waals surface area contributed by atoms with E-state index in [9.17, 15) is 9.59 Å². The van der Waals surface area contributed by atoms with Crippen LogP contribution in [0.25, 0.3) is 27.6 Å². The Morgan fingerprint density at radius 3 is 2.49 bits per heavy atom. The fraction of sp³-hybridized carbons (Fsp3) is 0.111. The zero-order chi connectivity index (χ0) is 24.2. The van der Waals surface area contributed by atoms with Crippen molar-refractivity contribution in [1.82, 2.24) is 19.7 Å². The van der Waals surface area contributed by atoms with Crippen LogP contribution in [-0.4, -0.2) is 25.7 Å². The van der Waals surface area contributed by atoms with Gasteiger partial charge in [0.1, 0.15) is 11.5 Å². The number of carbonyl (C=O) groups is 1. The maximum Gasteiger partial charge on any atom is 0.256 e.